The van der Waals surface area contributed by atoms with Gasteiger partial charge in [-0.05, 0) is 42.8 Å². The van der Waals surface area contributed by atoms with Crippen molar-refractivity contribution in [3.8, 4) is 0 Å². The molecule has 124 valence electrons. The van der Waals surface area contributed by atoms with Crippen molar-refractivity contribution >= 4 is 23.2 Å². The molecule has 0 bridgehead atoms. The molecule has 0 spiro atoms. The van der Waals surface area contributed by atoms with Crippen LogP contribution in [0.25, 0.3) is 0 Å². The maximum absolute atomic E-state index is 2.32. The fraction of sp³-hybridized carbons (Fsp3) is 0.182. The van der Waals surface area contributed by atoms with Crippen LogP contribution in [-0.2, 0) is 0 Å². The molecule has 3 aromatic carbocycles. The van der Waals surface area contributed by atoms with Crippen LogP contribution in [0.3, 0.4) is 0 Å². The molecule has 2 heteroatoms. The molecule has 0 amide bonds. The Labute approximate surface area is 152 Å². The van der Waals surface area contributed by atoms with Gasteiger partial charge in [0.15, 0.2) is 0 Å². The molecule has 0 aliphatic heterocycles. The minimum atomic E-state index is -1.57. The maximum atomic E-state index is 2.32. The van der Waals surface area contributed by atoms with Crippen molar-refractivity contribution < 1.29 is 12.4 Å². The molecule has 0 radical (unpaired) electrons. The number of hydrogen-bond acceptors (Lipinski definition) is 0. The van der Waals surface area contributed by atoms with E-state index in [2.05, 4.69) is 97.9 Å². The SMILES string of the molecule is CCCC[P+](c1ccccc1)(c1ccccc1)c1ccccc1.[Cl-]. The highest BCUT2D eigenvalue weighted by Crippen LogP contribution is 2.55. The number of rotatable bonds is 6. The molecule has 0 aliphatic rings. The summed E-state index contributed by atoms with van der Waals surface area (Å²) >= 11 is 0. The molecule has 0 unspecified atom stereocenters. The average Bonchev–Trinajstić information content (AvgIpc) is 2.65. The Hall–Kier alpha value is -1.62. The fourth-order valence-electron chi connectivity index (χ4n) is 3.28. The Morgan fingerprint density at radius 3 is 1.21 bits per heavy atom. The quantitative estimate of drug-likeness (QED) is 0.592. The normalized spacial score (nSPS) is 10.9. The molecule has 0 nitrogen and oxygen atoms in total. The first kappa shape index (κ1) is 18.7. The van der Waals surface area contributed by atoms with Gasteiger partial charge in [0.25, 0.3) is 0 Å². The van der Waals surface area contributed by atoms with E-state index in [1.54, 1.807) is 0 Å². The van der Waals surface area contributed by atoms with E-state index in [0.29, 0.717) is 0 Å². The molecule has 0 atom stereocenters. The lowest BCUT2D eigenvalue weighted by molar-refractivity contribution is -0.00000454. The van der Waals surface area contributed by atoms with Gasteiger partial charge in [-0.15, -0.1) is 0 Å². The molecule has 0 N–H and O–H groups in total. The van der Waals surface area contributed by atoms with Crippen LogP contribution >= 0.6 is 7.26 Å². The average molecular weight is 355 g/mol. The zero-order valence-corrected chi connectivity index (χ0v) is 15.8. The van der Waals surface area contributed by atoms with Gasteiger partial charge in [0, 0.05) is 0 Å². The molecule has 0 saturated heterocycles. The number of benzene rings is 3. The molecule has 0 saturated carbocycles. The van der Waals surface area contributed by atoms with Gasteiger partial charge in [0.05, 0.1) is 6.16 Å². The predicted molar refractivity (Wildman–Crippen MR) is 105 cm³/mol. The highest BCUT2D eigenvalue weighted by molar-refractivity contribution is 7.95. The lowest BCUT2D eigenvalue weighted by atomic mass is 10.3. The second-order valence-corrected chi connectivity index (χ2v) is 9.51. The summed E-state index contributed by atoms with van der Waals surface area (Å²) in [6, 6.07) is 33.4. The molecule has 0 fully saturated rings. The molecule has 0 aromatic heterocycles. The summed E-state index contributed by atoms with van der Waals surface area (Å²) in [7, 11) is -1.57. The van der Waals surface area contributed by atoms with Gasteiger partial charge in [-0.25, -0.2) is 0 Å². The number of halogens is 1. The largest absolute Gasteiger partial charge is 1.00 e. The lowest BCUT2D eigenvalue weighted by Crippen LogP contribution is -3.00. The molecule has 3 aromatic rings. The first-order chi connectivity index (χ1) is 11.4. The zero-order valence-electron chi connectivity index (χ0n) is 14.1. The molecule has 0 aliphatic carbocycles. The summed E-state index contributed by atoms with van der Waals surface area (Å²) < 4.78 is 0. The monoisotopic (exact) mass is 354 g/mol. The van der Waals surface area contributed by atoms with Gasteiger partial charge < -0.3 is 12.4 Å². The second kappa shape index (κ2) is 9.02. The van der Waals surface area contributed by atoms with Crippen molar-refractivity contribution in [3.63, 3.8) is 0 Å². The minimum Gasteiger partial charge on any atom is -1.00 e. The van der Waals surface area contributed by atoms with Gasteiger partial charge >= 0.3 is 0 Å². The second-order valence-electron chi connectivity index (χ2n) is 5.89. The Bertz CT molecular complexity index is 614. The summed E-state index contributed by atoms with van der Waals surface area (Å²) in [4.78, 5) is 0. The summed E-state index contributed by atoms with van der Waals surface area (Å²) in [6.07, 6.45) is 3.72. The van der Waals surface area contributed by atoms with E-state index >= 15 is 0 Å². The van der Waals surface area contributed by atoms with Crippen LogP contribution in [0.1, 0.15) is 19.8 Å². The predicted octanol–water partition coefficient (Wildman–Crippen LogP) is 1.78. The van der Waals surface area contributed by atoms with E-state index in [1.165, 1.54) is 34.9 Å². The molecule has 0 heterocycles. The topological polar surface area (TPSA) is 0 Å². The van der Waals surface area contributed by atoms with Crippen LogP contribution in [0, 0.1) is 0 Å². The maximum Gasteiger partial charge on any atom is 0.112 e. The van der Waals surface area contributed by atoms with Crippen molar-refractivity contribution in [2.75, 3.05) is 6.16 Å². The summed E-state index contributed by atoms with van der Waals surface area (Å²) in [6.45, 7) is 2.29. The van der Waals surface area contributed by atoms with Gasteiger partial charge in [-0.3, -0.25) is 0 Å². The van der Waals surface area contributed by atoms with Crippen LogP contribution in [0.4, 0.5) is 0 Å². The van der Waals surface area contributed by atoms with Crippen molar-refractivity contribution in [1.82, 2.24) is 0 Å². The smallest absolute Gasteiger partial charge is 0.112 e. The Kier molecular flexibility index (Phi) is 7.03. The zero-order chi connectivity index (χ0) is 16.0. The Morgan fingerprint density at radius 2 is 0.917 bits per heavy atom. The third-order valence-corrected chi connectivity index (χ3v) is 8.96. The molecular formula is C22H24ClP. The van der Waals surface area contributed by atoms with Crippen LogP contribution in [0.15, 0.2) is 91.0 Å². The highest BCUT2D eigenvalue weighted by Gasteiger charge is 2.44. The van der Waals surface area contributed by atoms with E-state index in [9.17, 15) is 0 Å². The van der Waals surface area contributed by atoms with E-state index in [1.807, 2.05) is 0 Å². The highest BCUT2D eigenvalue weighted by atomic mass is 35.5. The first-order valence-corrected chi connectivity index (χ1v) is 10.4. The van der Waals surface area contributed by atoms with Crippen molar-refractivity contribution in [3.05, 3.63) is 91.0 Å². The van der Waals surface area contributed by atoms with Crippen molar-refractivity contribution in [2.24, 2.45) is 0 Å². The van der Waals surface area contributed by atoms with Gasteiger partial charge in [0.1, 0.15) is 23.2 Å². The molecule has 24 heavy (non-hydrogen) atoms. The molecule has 3 rings (SSSR count). The van der Waals surface area contributed by atoms with Crippen molar-refractivity contribution in [2.45, 2.75) is 19.8 Å². The summed E-state index contributed by atoms with van der Waals surface area (Å²) in [5, 5.41) is 4.47. The van der Waals surface area contributed by atoms with Gasteiger partial charge in [-0.1, -0.05) is 67.9 Å². The first-order valence-electron chi connectivity index (χ1n) is 8.43. The van der Waals surface area contributed by atoms with E-state index in [-0.39, 0.29) is 12.4 Å². The van der Waals surface area contributed by atoms with Crippen molar-refractivity contribution in [1.29, 1.82) is 0 Å². The van der Waals surface area contributed by atoms with Crippen LogP contribution in [0.5, 0.6) is 0 Å². The van der Waals surface area contributed by atoms with Crippen LogP contribution in [0.2, 0.25) is 0 Å². The van der Waals surface area contributed by atoms with E-state index in [4.69, 9.17) is 0 Å². The number of unbranched alkanes of at least 4 members (excludes halogenated alkanes) is 1. The summed E-state index contributed by atoms with van der Waals surface area (Å²) in [5.41, 5.74) is 0. The lowest BCUT2D eigenvalue weighted by Gasteiger charge is -2.27. The number of hydrogen-bond donors (Lipinski definition) is 0. The van der Waals surface area contributed by atoms with Crippen LogP contribution < -0.4 is 28.3 Å². The standard InChI is InChI=1S/C22H24P.ClH/c1-2-3-19-23(20-13-7-4-8-14-20,21-15-9-5-10-16-21)22-17-11-6-12-18-22;/h4-18H,2-3,19H2,1H3;1H/q+1;/p-1. The Morgan fingerprint density at radius 1 is 0.583 bits per heavy atom. The third-order valence-electron chi connectivity index (χ3n) is 4.44. The van der Waals surface area contributed by atoms with Gasteiger partial charge in [-0.2, -0.15) is 0 Å². The van der Waals surface area contributed by atoms with Gasteiger partial charge in [0.2, 0.25) is 0 Å². The Balaban J connectivity index is 0.00000208. The fourth-order valence-corrected chi connectivity index (χ4v) is 7.78. The van der Waals surface area contributed by atoms with Crippen LogP contribution in [-0.4, -0.2) is 6.16 Å². The molecular weight excluding hydrogens is 331 g/mol. The van der Waals surface area contributed by atoms with E-state index < -0.39 is 7.26 Å². The van der Waals surface area contributed by atoms with E-state index in [0.717, 1.165) is 0 Å². The third kappa shape index (κ3) is 3.72. The summed E-state index contributed by atoms with van der Waals surface area (Å²) in [5.74, 6) is 0. The minimum absolute atomic E-state index is 0.